The SMILES string of the molecule is C=CCCC[C@@H]1CCCOC1. The third-order valence-electron chi connectivity index (χ3n) is 2.28. The third-order valence-corrected chi connectivity index (χ3v) is 2.28. The quantitative estimate of drug-likeness (QED) is 0.447. The van der Waals surface area contributed by atoms with E-state index in [1.54, 1.807) is 0 Å². The molecule has 1 aliphatic rings. The lowest BCUT2D eigenvalue weighted by Crippen LogP contribution is -2.16. The Morgan fingerprint density at radius 2 is 2.45 bits per heavy atom. The zero-order chi connectivity index (χ0) is 7.94. The van der Waals surface area contributed by atoms with Crippen LogP contribution in [0.15, 0.2) is 12.7 Å². The summed E-state index contributed by atoms with van der Waals surface area (Å²) in [6.45, 7) is 5.69. The van der Waals surface area contributed by atoms with Crippen LogP contribution < -0.4 is 0 Å². The van der Waals surface area contributed by atoms with Crippen LogP contribution in [0.3, 0.4) is 0 Å². The Labute approximate surface area is 69.4 Å². The first-order valence-corrected chi connectivity index (χ1v) is 4.62. The van der Waals surface area contributed by atoms with Crippen molar-refractivity contribution in [2.45, 2.75) is 32.1 Å². The summed E-state index contributed by atoms with van der Waals surface area (Å²) in [6.07, 6.45) is 8.42. The third kappa shape index (κ3) is 3.57. The number of allylic oxidation sites excluding steroid dienone is 1. The first kappa shape index (κ1) is 8.79. The summed E-state index contributed by atoms with van der Waals surface area (Å²) in [4.78, 5) is 0. The maximum atomic E-state index is 5.39. The van der Waals surface area contributed by atoms with E-state index < -0.39 is 0 Å². The van der Waals surface area contributed by atoms with Gasteiger partial charge in [-0.3, -0.25) is 0 Å². The van der Waals surface area contributed by atoms with Gasteiger partial charge in [0.1, 0.15) is 0 Å². The molecule has 1 heteroatoms. The molecule has 0 spiro atoms. The van der Waals surface area contributed by atoms with Gasteiger partial charge in [-0.15, -0.1) is 6.58 Å². The van der Waals surface area contributed by atoms with Crippen LogP contribution in [-0.4, -0.2) is 13.2 Å². The van der Waals surface area contributed by atoms with Crippen molar-refractivity contribution in [1.29, 1.82) is 0 Å². The fourth-order valence-corrected chi connectivity index (χ4v) is 1.59. The van der Waals surface area contributed by atoms with Crippen molar-refractivity contribution in [2.24, 2.45) is 5.92 Å². The van der Waals surface area contributed by atoms with Gasteiger partial charge in [0.2, 0.25) is 0 Å². The molecule has 64 valence electrons. The van der Waals surface area contributed by atoms with E-state index in [-0.39, 0.29) is 0 Å². The van der Waals surface area contributed by atoms with Crippen molar-refractivity contribution >= 4 is 0 Å². The summed E-state index contributed by atoms with van der Waals surface area (Å²) in [7, 11) is 0. The van der Waals surface area contributed by atoms with Crippen LogP contribution in [0.4, 0.5) is 0 Å². The predicted molar refractivity (Wildman–Crippen MR) is 47.6 cm³/mol. The zero-order valence-electron chi connectivity index (χ0n) is 7.22. The van der Waals surface area contributed by atoms with E-state index in [4.69, 9.17) is 4.74 Å². The second kappa shape index (κ2) is 5.36. The zero-order valence-corrected chi connectivity index (χ0v) is 7.22. The number of hydrogen-bond donors (Lipinski definition) is 0. The van der Waals surface area contributed by atoms with Gasteiger partial charge in [-0.2, -0.15) is 0 Å². The second-order valence-corrected chi connectivity index (χ2v) is 3.30. The van der Waals surface area contributed by atoms with Gasteiger partial charge < -0.3 is 4.74 Å². The smallest absolute Gasteiger partial charge is 0.0494 e. The summed E-state index contributed by atoms with van der Waals surface area (Å²) < 4.78 is 5.39. The summed E-state index contributed by atoms with van der Waals surface area (Å²) >= 11 is 0. The summed E-state index contributed by atoms with van der Waals surface area (Å²) in [6, 6.07) is 0. The highest BCUT2D eigenvalue weighted by atomic mass is 16.5. The largest absolute Gasteiger partial charge is 0.381 e. The topological polar surface area (TPSA) is 9.23 Å². The Hall–Kier alpha value is -0.300. The van der Waals surface area contributed by atoms with E-state index in [2.05, 4.69) is 6.58 Å². The van der Waals surface area contributed by atoms with Crippen LogP contribution in [0.5, 0.6) is 0 Å². The van der Waals surface area contributed by atoms with Gasteiger partial charge in [-0.25, -0.2) is 0 Å². The first-order chi connectivity index (χ1) is 5.43. The van der Waals surface area contributed by atoms with Gasteiger partial charge in [0.05, 0.1) is 0 Å². The first-order valence-electron chi connectivity index (χ1n) is 4.62. The van der Waals surface area contributed by atoms with Crippen LogP contribution in [0.25, 0.3) is 0 Å². The minimum absolute atomic E-state index is 0.837. The van der Waals surface area contributed by atoms with E-state index in [1.807, 2.05) is 6.08 Å². The minimum atomic E-state index is 0.837. The van der Waals surface area contributed by atoms with Crippen LogP contribution in [0.1, 0.15) is 32.1 Å². The summed E-state index contributed by atoms with van der Waals surface area (Å²) in [5.74, 6) is 0.837. The minimum Gasteiger partial charge on any atom is -0.381 e. The van der Waals surface area contributed by atoms with E-state index in [9.17, 15) is 0 Å². The molecule has 0 saturated carbocycles. The van der Waals surface area contributed by atoms with Gasteiger partial charge in [-0.05, 0) is 38.0 Å². The molecular weight excluding hydrogens is 136 g/mol. The molecule has 1 heterocycles. The van der Waals surface area contributed by atoms with E-state index in [0.29, 0.717) is 0 Å². The number of ether oxygens (including phenoxy) is 1. The molecule has 0 aromatic carbocycles. The molecule has 1 rings (SSSR count). The Morgan fingerprint density at radius 3 is 3.09 bits per heavy atom. The van der Waals surface area contributed by atoms with E-state index in [1.165, 1.54) is 25.7 Å². The number of unbranched alkanes of at least 4 members (excludes halogenated alkanes) is 1. The van der Waals surface area contributed by atoms with Gasteiger partial charge in [-0.1, -0.05) is 6.08 Å². The molecule has 1 aliphatic heterocycles. The van der Waals surface area contributed by atoms with Gasteiger partial charge >= 0.3 is 0 Å². The van der Waals surface area contributed by atoms with Crippen molar-refractivity contribution in [1.82, 2.24) is 0 Å². The fraction of sp³-hybridized carbons (Fsp3) is 0.800. The second-order valence-electron chi connectivity index (χ2n) is 3.30. The molecule has 1 saturated heterocycles. The van der Waals surface area contributed by atoms with Gasteiger partial charge in [0, 0.05) is 13.2 Å². The van der Waals surface area contributed by atoms with Gasteiger partial charge in [0.15, 0.2) is 0 Å². The molecule has 0 N–H and O–H groups in total. The molecular formula is C10H18O. The lowest BCUT2D eigenvalue weighted by Gasteiger charge is -2.21. The highest BCUT2D eigenvalue weighted by molar-refractivity contribution is 4.69. The van der Waals surface area contributed by atoms with E-state index in [0.717, 1.165) is 25.6 Å². The molecule has 0 amide bonds. The monoisotopic (exact) mass is 154 g/mol. The highest BCUT2D eigenvalue weighted by Crippen LogP contribution is 2.19. The normalized spacial score (nSPS) is 24.9. The Morgan fingerprint density at radius 1 is 1.55 bits per heavy atom. The highest BCUT2D eigenvalue weighted by Gasteiger charge is 2.12. The van der Waals surface area contributed by atoms with E-state index >= 15 is 0 Å². The fourth-order valence-electron chi connectivity index (χ4n) is 1.59. The van der Waals surface area contributed by atoms with Crippen molar-refractivity contribution in [3.63, 3.8) is 0 Å². The van der Waals surface area contributed by atoms with Gasteiger partial charge in [0.25, 0.3) is 0 Å². The number of rotatable bonds is 4. The van der Waals surface area contributed by atoms with Crippen LogP contribution >= 0.6 is 0 Å². The van der Waals surface area contributed by atoms with Crippen molar-refractivity contribution in [2.75, 3.05) is 13.2 Å². The van der Waals surface area contributed by atoms with Crippen LogP contribution in [-0.2, 0) is 4.74 Å². The Bertz CT molecular complexity index is 103. The van der Waals surface area contributed by atoms with Crippen molar-refractivity contribution < 1.29 is 4.74 Å². The molecule has 1 fully saturated rings. The molecule has 1 atom stereocenters. The van der Waals surface area contributed by atoms with Crippen LogP contribution in [0.2, 0.25) is 0 Å². The maximum Gasteiger partial charge on any atom is 0.0494 e. The molecule has 1 nitrogen and oxygen atoms in total. The average Bonchev–Trinajstić information content (AvgIpc) is 2.07. The number of hydrogen-bond acceptors (Lipinski definition) is 1. The molecule has 0 radical (unpaired) electrons. The maximum absolute atomic E-state index is 5.39. The molecule has 11 heavy (non-hydrogen) atoms. The molecule has 0 aromatic rings. The summed E-state index contributed by atoms with van der Waals surface area (Å²) in [5.41, 5.74) is 0. The Balaban J connectivity index is 2.00. The summed E-state index contributed by atoms with van der Waals surface area (Å²) in [5, 5.41) is 0. The predicted octanol–water partition coefficient (Wildman–Crippen LogP) is 2.77. The molecule has 0 aliphatic carbocycles. The van der Waals surface area contributed by atoms with Crippen molar-refractivity contribution in [3.05, 3.63) is 12.7 Å². The standard InChI is InChI=1S/C10H18O/c1-2-3-4-6-10-7-5-8-11-9-10/h2,10H,1,3-9H2/t10-/m1/s1. The lowest BCUT2D eigenvalue weighted by molar-refractivity contribution is 0.0510. The lowest BCUT2D eigenvalue weighted by atomic mass is 9.96. The Kier molecular flexibility index (Phi) is 4.29. The van der Waals surface area contributed by atoms with Crippen molar-refractivity contribution in [3.8, 4) is 0 Å². The molecule has 0 aromatic heterocycles. The molecule has 0 unspecified atom stereocenters. The van der Waals surface area contributed by atoms with Crippen LogP contribution in [0, 0.1) is 5.92 Å². The molecule has 0 bridgehead atoms. The average molecular weight is 154 g/mol.